The molecule has 0 bridgehead atoms. The Bertz CT molecular complexity index is 778. The van der Waals surface area contributed by atoms with Crippen molar-refractivity contribution in [2.75, 3.05) is 17.6 Å². The SMILES string of the molecule is CN(c1cc(C=CC(=O)OC(C)(C)C)ccc1[N+](=O)[O-])S(C)(=O)=O. The van der Waals surface area contributed by atoms with Crippen molar-refractivity contribution in [2.24, 2.45) is 0 Å². The van der Waals surface area contributed by atoms with Crippen molar-refractivity contribution in [2.45, 2.75) is 26.4 Å². The molecule has 1 aromatic rings. The standard InChI is InChI=1S/C15H20N2O6S/c1-15(2,3)23-14(18)9-7-11-6-8-12(17(19)20)13(10-11)16(4)24(5,21)22/h6-10H,1-5H3. The monoisotopic (exact) mass is 356 g/mol. The molecular weight excluding hydrogens is 336 g/mol. The van der Waals surface area contributed by atoms with Gasteiger partial charge >= 0.3 is 5.97 Å². The van der Waals surface area contributed by atoms with E-state index in [0.717, 1.165) is 10.6 Å². The number of ether oxygens (including phenoxy) is 1. The molecule has 0 aliphatic carbocycles. The number of anilines is 1. The van der Waals surface area contributed by atoms with E-state index in [4.69, 9.17) is 4.74 Å². The highest BCUT2D eigenvalue weighted by molar-refractivity contribution is 7.92. The number of sulfonamides is 1. The normalized spacial score (nSPS) is 12.2. The fourth-order valence-corrected chi connectivity index (χ4v) is 2.23. The van der Waals surface area contributed by atoms with Crippen LogP contribution in [0.3, 0.4) is 0 Å². The molecule has 0 atom stereocenters. The highest BCUT2D eigenvalue weighted by Gasteiger charge is 2.22. The number of hydrogen-bond acceptors (Lipinski definition) is 6. The van der Waals surface area contributed by atoms with Crippen LogP contribution in [0.2, 0.25) is 0 Å². The molecule has 0 heterocycles. The van der Waals surface area contributed by atoms with Crippen LogP contribution in [0, 0.1) is 10.1 Å². The fourth-order valence-electron chi connectivity index (χ4n) is 1.73. The minimum absolute atomic E-state index is 0.0890. The average Bonchev–Trinajstić information content (AvgIpc) is 2.41. The summed E-state index contributed by atoms with van der Waals surface area (Å²) in [6, 6.07) is 3.92. The van der Waals surface area contributed by atoms with Crippen molar-refractivity contribution in [3.8, 4) is 0 Å². The van der Waals surface area contributed by atoms with Gasteiger partial charge in [-0.1, -0.05) is 0 Å². The van der Waals surface area contributed by atoms with E-state index in [0.29, 0.717) is 5.56 Å². The van der Waals surface area contributed by atoms with Gasteiger partial charge in [-0.05, 0) is 44.5 Å². The van der Waals surface area contributed by atoms with Crippen molar-refractivity contribution in [3.05, 3.63) is 40.0 Å². The molecule has 24 heavy (non-hydrogen) atoms. The zero-order valence-electron chi connectivity index (χ0n) is 14.1. The van der Waals surface area contributed by atoms with E-state index in [1.807, 2.05) is 0 Å². The summed E-state index contributed by atoms with van der Waals surface area (Å²) in [5, 5.41) is 11.1. The molecule has 0 aliphatic rings. The first-order chi connectivity index (χ1) is 10.8. The zero-order chi connectivity index (χ0) is 18.7. The summed E-state index contributed by atoms with van der Waals surface area (Å²) in [6.07, 6.45) is 3.52. The molecule has 0 radical (unpaired) electrons. The first kappa shape index (κ1) is 19.6. The highest BCUT2D eigenvalue weighted by Crippen LogP contribution is 2.30. The van der Waals surface area contributed by atoms with Crippen LogP contribution < -0.4 is 4.31 Å². The van der Waals surface area contributed by atoms with Crippen LogP contribution in [-0.2, 0) is 19.6 Å². The Kier molecular flexibility index (Phi) is 5.72. The van der Waals surface area contributed by atoms with Crippen LogP contribution >= 0.6 is 0 Å². The minimum Gasteiger partial charge on any atom is -0.457 e. The van der Waals surface area contributed by atoms with Crippen LogP contribution in [-0.4, -0.2) is 38.2 Å². The number of nitrogens with zero attached hydrogens (tertiary/aromatic N) is 2. The van der Waals surface area contributed by atoms with Crippen LogP contribution in [0.4, 0.5) is 11.4 Å². The van der Waals surface area contributed by atoms with Gasteiger partial charge in [-0.25, -0.2) is 13.2 Å². The molecule has 0 spiro atoms. The van der Waals surface area contributed by atoms with Gasteiger partial charge in [0.1, 0.15) is 11.3 Å². The minimum atomic E-state index is -3.67. The third-order valence-corrected chi connectivity index (χ3v) is 4.04. The smallest absolute Gasteiger partial charge is 0.331 e. The first-order valence-corrected chi connectivity index (χ1v) is 8.79. The average molecular weight is 356 g/mol. The molecule has 132 valence electrons. The van der Waals surface area contributed by atoms with Gasteiger partial charge in [0.15, 0.2) is 0 Å². The molecule has 1 aromatic carbocycles. The fraction of sp³-hybridized carbons (Fsp3) is 0.400. The van der Waals surface area contributed by atoms with Gasteiger partial charge in [-0.3, -0.25) is 14.4 Å². The second kappa shape index (κ2) is 7.00. The van der Waals surface area contributed by atoms with E-state index in [1.165, 1.54) is 37.4 Å². The molecule has 0 amide bonds. The summed E-state index contributed by atoms with van der Waals surface area (Å²) >= 11 is 0. The van der Waals surface area contributed by atoms with Gasteiger partial charge in [0.25, 0.3) is 5.69 Å². The maximum atomic E-state index is 11.7. The van der Waals surface area contributed by atoms with Crippen LogP contribution in [0.15, 0.2) is 24.3 Å². The number of nitro groups is 1. The molecule has 0 aromatic heterocycles. The Balaban J connectivity index is 3.20. The van der Waals surface area contributed by atoms with Crippen LogP contribution in [0.5, 0.6) is 0 Å². The van der Waals surface area contributed by atoms with Crippen molar-refractivity contribution in [1.82, 2.24) is 0 Å². The first-order valence-electron chi connectivity index (χ1n) is 6.94. The predicted octanol–water partition coefficient (Wildman–Crippen LogP) is 2.35. The number of rotatable bonds is 5. The lowest BCUT2D eigenvalue weighted by atomic mass is 10.1. The summed E-state index contributed by atoms with van der Waals surface area (Å²) in [7, 11) is -2.45. The van der Waals surface area contributed by atoms with Crippen molar-refractivity contribution in [1.29, 1.82) is 0 Å². The Hall–Kier alpha value is -2.42. The number of carbonyl (C=O) groups excluding carboxylic acids is 1. The molecular formula is C15H20N2O6S. The van der Waals surface area contributed by atoms with Gasteiger partial charge in [-0.2, -0.15) is 0 Å². The highest BCUT2D eigenvalue weighted by atomic mass is 32.2. The summed E-state index contributed by atoms with van der Waals surface area (Å²) < 4.78 is 29.2. The van der Waals surface area contributed by atoms with Crippen molar-refractivity contribution in [3.63, 3.8) is 0 Å². The molecule has 9 heteroatoms. The Morgan fingerprint density at radius 3 is 2.38 bits per heavy atom. The lowest BCUT2D eigenvalue weighted by Crippen LogP contribution is -2.25. The largest absolute Gasteiger partial charge is 0.457 e. The summed E-state index contributed by atoms with van der Waals surface area (Å²) in [5.74, 6) is -0.570. The number of esters is 1. The second-order valence-electron chi connectivity index (χ2n) is 6.10. The van der Waals surface area contributed by atoms with Crippen molar-refractivity contribution < 1.29 is 22.9 Å². The summed E-state index contributed by atoms with van der Waals surface area (Å²) in [5.41, 5.74) is -0.651. The maximum Gasteiger partial charge on any atom is 0.331 e. The number of hydrogen-bond donors (Lipinski definition) is 0. The third kappa shape index (κ3) is 5.65. The third-order valence-electron chi connectivity index (χ3n) is 2.85. The van der Waals surface area contributed by atoms with Crippen LogP contribution in [0.1, 0.15) is 26.3 Å². The molecule has 0 saturated carbocycles. The Labute approximate surface area is 140 Å². The van der Waals surface area contributed by atoms with E-state index in [9.17, 15) is 23.3 Å². The topological polar surface area (TPSA) is 107 Å². The zero-order valence-corrected chi connectivity index (χ0v) is 15.0. The van der Waals surface area contributed by atoms with Gasteiger partial charge in [-0.15, -0.1) is 0 Å². The number of benzene rings is 1. The van der Waals surface area contributed by atoms with E-state index in [2.05, 4.69) is 0 Å². The van der Waals surface area contributed by atoms with Gasteiger partial charge < -0.3 is 4.74 Å². The molecule has 0 N–H and O–H groups in total. The number of nitro benzene ring substituents is 1. The van der Waals surface area contributed by atoms with E-state index in [1.54, 1.807) is 20.8 Å². The van der Waals surface area contributed by atoms with Gasteiger partial charge in [0, 0.05) is 19.2 Å². The quantitative estimate of drug-likeness (QED) is 0.347. The van der Waals surface area contributed by atoms with Gasteiger partial charge in [0.05, 0.1) is 11.2 Å². The summed E-state index contributed by atoms with van der Waals surface area (Å²) in [4.78, 5) is 22.1. The lowest BCUT2D eigenvalue weighted by Gasteiger charge is -2.18. The lowest BCUT2D eigenvalue weighted by molar-refractivity contribution is -0.384. The molecule has 1 rings (SSSR count). The Morgan fingerprint density at radius 1 is 1.33 bits per heavy atom. The predicted molar refractivity (Wildman–Crippen MR) is 91.2 cm³/mol. The summed E-state index contributed by atoms with van der Waals surface area (Å²) in [6.45, 7) is 5.18. The van der Waals surface area contributed by atoms with E-state index >= 15 is 0 Å². The van der Waals surface area contributed by atoms with Crippen molar-refractivity contribution >= 4 is 33.4 Å². The molecule has 0 aliphatic heterocycles. The molecule has 0 saturated heterocycles. The molecule has 0 fully saturated rings. The van der Waals surface area contributed by atoms with E-state index < -0.39 is 26.5 Å². The van der Waals surface area contributed by atoms with Crippen LogP contribution in [0.25, 0.3) is 6.08 Å². The van der Waals surface area contributed by atoms with E-state index in [-0.39, 0.29) is 11.4 Å². The maximum absolute atomic E-state index is 11.7. The number of carbonyl (C=O) groups is 1. The molecule has 8 nitrogen and oxygen atoms in total. The van der Waals surface area contributed by atoms with Gasteiger partial charge in [0.2, 0.25) is 10.0 Å². The molecule has 0 unspecified atom stereocenters. The second-order valence-corrected chi connectivity index (χ2v) is 8.12. The Morgan fingerprint density at radius 2 is 1.92 bits per heavy atom.